The Kier molecular flexibility index (Phi) is 2.13. The molecular weight excluding hydrogens is 184 g/mol. The van der Waals surface area contributed by atoms with Crippen molar-refractivity contribution in [1.29, 1.82) is 0 Å². The number of hydrogen-bond acceptors (Lipinski definition) is 4. The summed E-state index contributed by atoms with van der Waals surface area (Å²) in [6.07, 6.45) is -0.604. The molecule has 4 heteroatoms. The minimum absolute atomic E-state index is 0.352. The zero-order valence-electron chi connectivity index (χ0n) is 7.94. The largest absolute Gasteiger partial charge is 0.497 e. The van der Waals surface area contributed by atoms with Gasteiger partial charge in [-0.2, -0.15) is 0 Å². The Balaban J connectivity index is 2.47. The number of hydrogen-bond donors (Lipinski definition) is 0. The number of ether oxygens (including phenoxy) is 3. The Hall–Kier alpha value is -1.55. The second-order valence-corrected chi connectivity index (χ2v) is 2.93. The van der Waals surface area contributed by atoms with E-state index < -0.39 is 6.29 Å². The molecular formula is C10H10O4. The van der Waals surface area contributed by atoms with Gasteiger partial charge in [0.1, 0.15) is 5.75 Å². The second-order valence-electron chi connectivity index (χ2n) is 2.93. The predicted molar refractivity (Wildman–Crippen MR) is 48.2 cm³/mol. The fraction of sp³-hybridized carbons (Fsp3) is 0.300. The standard InChI is InChI=1S/C10H10O4/c1-12-6-3-4-7-8(5-6)10(13-2)14-9(7)11/h3-5,10H,1-2H3. The molecule has 0 N–H and O–H groups in total. The number of fused-ring (bicyclic) bond motifs is 1. The zero-order chi connectivity index (χ0) is 10.1. The Morgan fingerprint density at radius 3 is 2.79 bits per heavy atom. The van der Waals surface area contributed by atoms with Gasteiger partial charge >= 0.3 is 5.97 Å². The molecule has 1 aromatic carbocycles. The predicted octanol–water partition coefficient (Wildman–Crippen LogP) is 1.51. The lowest BCUT2D eigenvalue weighted by Gasteiger charge is -2.07. The van der Waals surface area contributed by atoms with E-state index >= 15 is 0 Å². The number of cyclic esters (lactones) is 1. The van der Waals surface area contributed by atoms with Crippen LogP contribution in [0.2, 0.25) is 0 Å². The lowest BCUT2D eigenvalue weighted by atomic mass is 10.1. The van der Waals surface area contributed by atoms with Gasteiger partial charge in [-0.3, -0.25) is 0 Å². The molecule has 0 amide bonds. The molecule has 4 nitrogen and oxygen atoms in total. The maximum atomic E-state index is 11.3. The van der Waals surface area contributed by atoms with Crippen molar-refractivity contribution in [2.24, 2.45) is 0 Å². The highest BCUT2D eigenvalue weighted by Crippen LogP contribution is 2.33. The fourth-order valence-electron chi connectivity index (χ4n) is 1.45. The molecule has 1 aromatic rings. The number of benzene rings is 1. The van der Waals surface area contributed by atoms with Crippen molar-refractivity contribution in [3.8, 4) is 5.75 Å². The van der Waals surface area contributed by atoms with Gasteiger partial charge in [-0.25, -0.2) is 4.79 Å². The maximum absolute atomic E-state index is 11.3. The van der Waals surface area contributed by atoms with Crippen LogP contribution in [-0.2, 0) is 9.47 Å². The number of rotatable bonds is 2. The monoisotopic (exact) mass is 194 g/mol. The molecule has 0 saturated carbocycles. The quantitative estimate of drug-likeness (QED) is 0.669. The van der Waals surface area contributed by atoms with Crippen molar-refractivity contribution >= 4 is 5.97 Å². The topological polar surface area (TPSA) is 44.8 Å². The summed E-state index contributed by atoms with van der Waals surface area (Å²) in [6.45, 7) is 0. The normalized spacial score (nSPS) is 19.0. The van der Waals surface area contributed by atoms with Gasteiger partial charge in [0.25, 0.3) is 0 Å². The molecule has 14 heavy (non-hydrogen) atoms. The van der Waals surface area contributed by atoms with E-state index in [0.29, 0.717) is 11.3 Å². The average Bonchev–Trinajstić information content (AvgIpc) is 2.55. The van der Waals surface area contributed by atoms with Crippen molar-refractivity contribution in [2.45, 2.75) is 6.29 Å². The minimum atomic E-state index is -0.604. The van der Waals surface area contributed by atoms with Crippen LogP contribution in [0.4, 0.5) is 0 Å². The van der Waals surface area contributed by atoms with E-state index in [0.717, 1.165) is 5.56 Å². The van der Waals surface area contributed by atoms with E-state index in [1.54, 1.807) is 25.3 Å². The van der Waals surface area contributed by atoms with Gasteiger partial charge in [0.05, 0.1) is 12.7 Å². The van der Waals surface area contributed by atoms with Gasteiger partial charge in [0.2, 0.25) is 6.29 Å². The number of carbonyl (C=O) groups is 1. The van der Waals surface area contributed by atoms with Crippen molar-refractivity contribution in [1.82, 2.24) is 0 Å². The summed E-state index contributed by atoms with van der Waals surface area (Å²) in [5.41, 5.74) is 1.26. The molecule has 2 rings (SSSR count). The Morgan fingerprint density at radius 2 is 2.14 bits per heavy atom. The molecule has 0 fully saturated rings. The lowest BCUT2D eigenvalue weighted by molar-refractivity contribution is -0.0816. The molecule has 0 radical (unpaired) electrons. The highest BCUT2D eigenvalue weighted by atomic mass is 16.7. The summed E-state index contributed by atoms with van der Waals surface area (Å²) in [6, 6.07) is 5.14. The first kappa shape index (κ1) is 9.02. The molecule has 0 saturated heterocycles. The van der Waals surface area contributed by atoms with Crippen LogP contribution < -0.4 is 4.74 Å². The van der Waals surface area contributed by atoms with Crippen LogP contribution in [0.15, 0.2) is 18.2 Å². The van der Waals surface area contributed by atoms with Crippen LogP contribution in [0.1, 0.15) is 22.2 Å². The Morgan fingerprint density at radius 1 is 1.36 bits per heavy atom. The molecule has 0 bridgehead atoms. The third kappa shape index (κ3) is 1.24. The molecule has 74 valence electrons. The fourth-order valence-corrected chi connectivity index (χ4v) is 1.45. The number of methoxy groups -OCH3 is 2. The van der Waals surface area contributed by atoms with E-state index in [2.05, 4.69) is 0 Å². The van der Waals surface area contributed by atoms with E-state index in [4.69, 9.17) is 14.2 Å². The third-order valence-corrected chi connectivity index (χ3v) is 2.16. The highest BCUT2D eigenvalue weighted by molar-refractivity contribution is 5.94. The summed E-state index contributed by atoms with van der Waals surface area (Å²) in [7, 11) is 3.06. The van der Waals surface area contributed by atoms with Crippen LogP contribution >= 0.6 is 0 Å². The number of carbonyl (C=O) groups excluding carboxylic acids is 1. The van der Waals surface area contributed by atoms with Crippen molar-refractivity contribution in [2.75, 3.05) is 14.2 Å². The van der Waals surface area contributed by atoms with Crippen LogP contribution in [0, 0.1) is 0 Å². The molecule has 0 aliphatic carbocycles. The summed E-state index contributed by atoms with van der Waals surface area (Å²) in [4.78, 5) is 11.3. The summed E-state index contributed by atoms with van der Waals surface area (Å²) >= 11 is 0. The van der Waals surface area contributed by atoms with Crippen molar-refractivity contribution in [3.05, 3.63) is 29.3 Å². The van der Waals surface area contributed by atoms with Crippen LogP contribution in [0.3, 0.4) is 0 Å². The summed E-state index contributed by atoms with van der Waals surface area (Å²) in [5.74, 6) is 0.332. The van der Waals surface area contributed by atoms with Gasteiger partial charge in [0, 0.05) is 12.7 Å². The number of esters is 1. The molecule has 1 heterocycles. The second kappa shape index (κ2) is 3.31. The Labute approximate surface area is 81.4 Å². The minimum Gasteiger partial charge on any atom is -0.497 e. The highest BCUT2D eigenvalue weighted by Gasteiger charge is 2.31. The van der Waals surface area contributed by atoms with Gasteiger partial charge in [0.15, 0.2) is 0 Å². The molecule has 1 aliphatic heterocycles. The SMILES string of the molecule is COc1ccc2c(c1)C(OC)OC2=O. The lowest BCUT2D eigenvalue weighted by Crippen LogP contribution is -2.00. The summed E-state index contributed by atoms with van der Waals surface area (Å²) in [5, 5.41) is 0. The first-order valence-corrected chi connectivity index (χ1v) is 4.18. The third-order valence-electron chi connectivity index (χ3n) is 2.16. The van der Waals surface area contributed by atoms with Gasteiger partial charge in [-0.05, 0) is 18.2 Å². The zero-order valence-corrected chi connectivity index (χ0v) is 7.94. The van der Waals surface area contributed by atoms with E-state index in [1.165, 1.54) is 7.11 Å². The van der Waals surface area contributed by atoms with Gasteiger partial charge in [-0.1, -0.05) is 0 Å². The molecule has 1 unspecified atom stereocenters. The first-order chi connectivity index (χ1) is 6.76. The average molecular weight is 194 g/mol. The van der Waals surface area contributed by atoms with Crippen LogP contribution in [0.25, 0.3) is 0 Å². The summed E-state index contributed by atoms with van der Waals surface area (Å²) < 4.78 is 15.0. The molecule has 1 aliphatic rings. The molecule has 0 spiro atoms. The smallest absolute Gasteiger partial charge is 0.341 e. The van der Waals surface area contributed by atoms with Gasteiger partial charge in [-0.15, -0.1) is 0 Å². The van der Waals surface area contributed by atoms with Crippen molar-refractivity contribution < 1.29 is 19.0 Å². The molecule has 1 atom stereocenters. The van der Waals surface area contributed by atoms with E-state index in [9.17, 15) is 4.79 Å². The Bertz CT molecular complexity index is 372. The van der Waals surface area contributed by atoms with Crippen LogP contribution in [0.5, 0.6) is 5.75 Å². The van der Waals surface area contributed by atoms with Crippen LogP contribution in [-0.4, -0.2) is 20.2 Å². The molecule has 0 aromatic heterocycles. The van der Waals surface area contributed by atoms with E-state index in [-0.39, 0.29) is 5.97 Å². The van der Waals surface area contributed by atoms with E-state index in [1.807, 2.05) is 0 Å². The first-order valence-electron chi connectivity index (χ1n) is 4.18. The maximum Gasteiger partial charge on any atom is 0.341 e. The van der Waals surface area contributed by atoms with Crippen molar-refractivity contribution in [3.63, 3.8) is 0 Å². The van der Waals surface area contributed by atoms with Gasteiger partial charge < -0.3 is 14.2 Å².